The van der Waals surface area contributed by atoms with Crippen LogP contribution in [0.1, 0.15) is 41.1 Å². The van der Waals surface area contributed by atoms with E-state index in [9.17, 15) is 9.59 Å². The quantitative estimate of drug-likeness (QED) is 0.381. The Bertz CT molecular complexity index is 1170. The van der Waals surface area contributed by atoms with E-state index in [2.05, 4.69) is 6.58 Å². The van der Waals surface area contributed by atoms with Crippen LogP contribution in [0.3, 0.4) is 0 Å². The summed E-state index contributed by atoms with van der Waals surface area (Å²) in [6, 6.07) is 13.9. The highest BCUT2D eigenvalue weighted by atomic mass is 16.5. The van der Waals surface area contributed by atoms with Gasteiger partial charge in [0.15, 0.2) is 5.43 Å². The van der Waals surface area contributed by atoms with Crippen molar-refractivity contribution in [3.05, 3.63) is 88.3 Å². The maximum atomic E-state index is 13.4. The van der Waals surface area contributed by atoms with Crippen LogP contribution in [0.25, 0.3) is 11.0 Å². The van der Waals surface area contributed by atoms with E-state index in [1.165, 1.54) is 0 Å². The Morgan fingerprint density at radius 3 is 2.81 bits per heavy atom. The monoisotopic (exact) mass is 419 g/mol. The normalized spacial score (nSPS) is 15.3. The van der Waals surface area contributed by atoms with Gasteiger partial charge in [-0.05, 0) is 43.2 Å². The molecule has 31 heavy (non-hydrogen) atoms. The predicted octanol–water partition coefficient (Wildman–Crippen LogP) is 4.33. The third-order valence-electron chi connectivity index (χ3n) is 5.31. The molecule has 2 heterocycles. The first-order valence-electron chi connectivity index (χ1n) is 10.4. The van der Waals surface area contributed by atoms with Crippen LogP contribution in [0.15, 0.2) is 70.4 Å². The second kappa shape index (κ2) is 9.18. The number of carbonyl (C=O) groups is 1. The number of hydrogen-bond acceptors (Lipinski definition) is 5. The van der Waals surface area contributed by atoms with Crippen molar-refractivity contribution >= 4 is 16.9 Å². The van der Waals surface area contributed by atoms with Gasteiger partial charge in [0.2, 0.25) is 5.76 Å². The third-order valence-corrected chi connectivity index (χ3v) is 5.31. The van der Waals surface area contributed by atoms with Crippen molar-refractivity contribution < 1.29 is 18.7 Å². The zero-order chi connectivity index (χ0) is 21.8. The first-order valence-corrected chi connectivity index (χ1v) is 10.4. The van der Waals surface area contributed by atoms with Gasteiger partial charge in [0, 0.05) is 19.8 Å². The Morgan fingerprint density at radius 2 is 2.00 bits per heavy atom. The number of carbonyl (C=O) groups excluding carboxylic acids is 1. The predicted molar refractivity (Wildman–Crippen MR) is 119 cm³/mol. The Hall–Kier alpha value is -3.38. The number of ether oxygens (including phenoxy) is 2. The van der Waals surface area contributed by atoms with Gasteiger partial charge in [0.25, 0.3) is 5.91 Å². The molecule has 6 nitrogen and oxygen atoms in total. The van der Waals surface area contributed by atoms with Gasteiger partial charge in [-0.15, -0.1) is 0 Å². The lowest BCUT2D eigenvalue weighted by Crippen LogP contribution is -2.31. The standard InChI is InChI=1S/C25H25NO5/c1-3-14-30-18-10-7-9-17(16-18)22-21-23(27)19-11-5-6-12-20(19)31-24(21)25(28)26(22)13-8-15-29-4-2/h3,5-7,9-12,16,22H,1,4,8,13-15H2,2H3/t22-/m1/s1. The number of rotatable bonds is 9. The van der Waals surface area contributed by atoms with Crippen LogP contribution in [0.2, 0.25) is 0 Å². The summed E-state index contributed by atoms with van der Waals surface area (Å²) in [6.07, 6.45) is 2.33. The smallest absolute Gasteiger partial charge is 0.290 e. The number of fused-ring (bicyclic) bond motifs is 2. The molecule has 1 aromatic heterocycles. The zero-order valence-electron chi connectivity index (χ0n) is 17.5. The summed E-state index contributed by atoms with van der Waals surface area (Å²) >= 11 is 0. The molecule has 0 radical (unpaired) electrons. The van der Waals surface area contributed by atoms with Gasteiger partial charge in [0.1, 0.15) is 17.9 Å². The molecule has 4 rings (SSSR count). The van der Waals surface area contributed by atoms with E-state index in [0.717, 1.165) is 5.56 Å². The maximum Gasteiger partial charge on any atom is 0.290 e. The van der Waals surface area contributed by atoms with Crippen LogP contribution < -0.4 is 10.2 Å². The molecule has 0 N–H and O–H groups in total. The molecule has 0 unspecified atom stereocenters. The second-order valence-electron chi connectivity index (χ2n) is 7.29. The van der Waals surface area contributed by atoms with E-state index < -0.39 is 6.04 Å². The van der Waals surface area contributed by atoms with Crippen LogP contribution in [0.5, 0.6) is 5.75 Å². The molecule has 0 aliphatic carbocycles. The van der Waals surface area contributed by atoms with E-state index in [1.807, 2.05) is 31.2 Å². The van der Waals surface area contributed by atoms with Gasteiger partial charge in [-0.1, -0.05) is 36.9 Å². The fourth-order valence-electron chi connectivity index (χ4n) is 3.96. The molecule has 6 heteroatoms. The number of nitrogens with zero attached hydrogens (tertiary/aromatic N) is 1. The minimum absolute atomic E-state index is 0.113. The molecule has 1 aliphatic heterocycles. The van der Waals surface area contributed by atoms with Gasteiger partial charge >= 0.3 is 0 Å². The summed E-state index contributed by atoms with van der Waals surface area (Å²) in [6.45, 7) is 7.58. The maximum absolute atomic E-state index is 13.4. The van der Waals surface area contributed by atoms with E-state index in [4.69, 9.17) is 13.9 Å². The van der Waals surface area contributed by atoms with E-state index >= 15 is 0 Å². The summed E-state index contributed by atoms with van der Waals surface area (Å²) in [5.74, 6) is 0.483. The molecule has 0 saturated heterocycles. The molecule has 1 amide bonds. The van der Waals surface area contributed by atoms with Crippen LogP contribution in [0.4, 0.5) is 0 Å². The minimum atomic E-state index is -0.544. The van der Waals surface area contributed by atoms with Crippen molar-refractivity contribution in [2.45, 2.75) is 19.4 Å². The molecule has 3 aromatic rings. The highest BCUT2D eigenvalue weighted by Gasteiger charge is 2.42. The van der Waals surface area contributed by atoms with Crippen LogP contribution in [-0.4, -0.2) is 37.2 Å². The molecular weight excluding hydrogens is 394 g/mol. The van der Waals surface area contributed by atoms with Crippen molar-refractivity contribution in [3.63, 3.8) is 0 Å². The Labute approximate surface area is 180 Å². The molecule has 0 spiro atoms. The lowest BCUT2D eigenvalue weighted by atomic mass is 9.98. The summed E-state index contributed by atoms with van der Waals surface area (Å²) in [5.41, 5.74) is 1.41. The molecule has 0 saturated carbocycles. The van der Waals surface area contributed by atoms with E-state index in [-0.39, 0.29) is 17.1 Å². The SMILES string of the molecule is C=CCOc1cccc([C@@H]2c3c(oc4ccccc4c3=O)C(=O)N2CCCOCC)c1. The number of para-hydroxylation sites is 1. The lowest BCUT2D eigenvalue weighted by Gasteiger charge is -2.25. The fraction of sp³-hybridized carbons (Fsp3) is 0.280. The molecule has 160 valence electrons. The molecule has 1 aliphatic rings. The van der Waals surface area contributed by atoms with Crippen LogP contribution in [-0.2, 0) is 4.74 Å². The first kappa shape index (κ1) is 20.9. The Morgan fingerprint density at radius 1 is 1.16 bits per heavy atom. The van der Waals surface area contributed by atoms with Crippen molar-refractivity contribution in [2.24, 2.45) is 0 Å². The van der Waals surface area contributed by atoms with E-state index in [1.54, 1.807) is 35.2 Å². The van der Waals surface area contributed by atoms with Crippen molar-refractivity contribution in [2.75, 3.05) is 26.4 Å². The third kappa shape index (κ3) is 3.99. The molecule has 1 atom stereocenters. The van der Waals surface area contributed by atoms with E-state index in [0.29, 0.717) is 55.1 Å². The fourth-order valence-corrected chi connectivity index (χ4v) is 3.96. The molecule has 2 aromatic carbocycles. The van der Waals surface area contributed by atoms with Gasteiger partial charge in [-0.3, -0.25) is 9.59 Å². The highest BCUT2D eigenvalue weighted by molar-refractivity contribution is 5.99. The summed E-state index contributed by atoms with van der Waals surface area (Å²) in [5, 5.41) is 0.467. The second-order valence-corrected chi connectivity index (χ2v) is 7.29. The Kier molecular flexibility index (Phi) is 6.18. The average molecular weight is 419 g/mol. The van der Waals surface area contributed by atoms with Crippen LogP contribution in [0, 0.1) is 0 Å². The summed E-state index contributed by atoms with van der Waals surface area (Å²) < 4.78 is 17.1. The number of amides is 1. The van der Waals surface area contributed by atoms with Gasteiger partial charge in [-0.2, -0.15) is 0 Å². The van der Waals surface area contributed by atoms with Crippen molar-refractivity contribution in [1.82, 2.24) is 4.90 Å². The highest BCUT2D eigenvalue weighted by Crippen LogP contribution is 2.39. The molecular formula is C25H25NO5. The zero-order valence-corrected chi connectivity index (χ0v) is 17.5. The first-order chi connectivity index (χ1) is 15.2. The molecule has 0 bridgehead atoms. The minimum Gasteiger partial charge on any atom is -0.490 e. The summed E-state index contributed by atoms with van der Waals surface area (Å²) in [4.78, 5) is 28.4. The Balaban J connectivity index is 1.81. The van der Waals surface area contributed by atoms with Gasteiger partial charge < -0.3 is 18.8 Å². The molecule has 0 fully saturated rings. The van der Waals surface area contributed by atoms with Gasteiger partial charge in [0.05, 0.1) is 17.0 Å². The van der Waals surface area contributed by atoms with Crippen molar-refractivity contribution in [1.29, 1.82) is 0 Å². The largest absolute Gasteiger partial charge is 0.490 e. The lowest BCUT2D eigenvalue weighted by molar-refractivity contribution is 0.0695. The average Bonchev–Trinajstić information content (AvgIpc) is 3.07. The van der Waals surface area contributed by atoms with Crippen molar-refractivity contribution in [3.8, 4) is 5.75 Å². The van der Waals surface area contributed by atoms with Crippen LogP contribution >= 0.6 is 0 Å². The van der Waals surface area contributed by atoms with Gasteiger partial charge in [-0.25, -0.2) is 0 Å². The number of hydrogen-bond donors (Lipinski definition) is 0. The summed E-state index contributed by atoms with van der Waals surface area (Å²) in [7, 11) is 0. The number of benzene rings is 2. The topological polar surface area (TPSA) is 69.0 Å².